The van der Waals surface area contributed by atoms with Crippen LogP contribution < -0.4 is 5.32 Å². The van der Waals surface area contributed by atoms with Crippen LogP contribution in [0.1, 0.15) is 31.0 Å². The summed E-state index contributed by atoms with van der Waals surface area (Å²) >= 11 is 0. The van der Waals surface area contributed by atoms with Crippen molar-refractivity contribution in [2.75, 3.05) is 6.61 Å². The molecule has 1 aromatic heterocycles. The van der Waals surface area contributed by atoms with Crippen LogP contribution in [0.25, 0.3) is 0 Å². The molecule has 1 fully saturated rings. The van der Waals surface area contributed by atoms with Crippen molar-refractivity contribution < 1.29 is 24.0 Å². The fourth-order valence-corrected chi connectivity index (χ4v) is 2.24. The van der Waals surface area contributed by atoms with Crippen LogP contribution >= 0.6 is 0 Å². The van der Waals surface area contributed by atoms with Gasteiger partial charge in [0.25, 0.3) is 5.89 Å². The molecule has 2 atom stereocenters. The van der Waals surface area contributed by atoms with E-state index in [9.17, 15) is 9.59 Å². The Kier molecular flexibility index (Phi) is 4.67. The maximum atomic E-state index is 11.6. The molecule has 0 aromatic carbocycles. The van der Waals surface area contributed by atoms with Crippen LogP contribution in [0.3, 0.4) is 0 Å². The van der Waals surface area contributed by atoms with Crippen LogP contribution in [0.4, 0.5) is 0 Å². The van der Waals surface area contributed by atoms with Crippen molar-refractivity contribution in [1.82, 2.24) is 15.5 Å². The van der Waals surface area contributed by atoms with Crippen LogP contribution in [0.2, 0.25) is 0 Å². The molecule has 0 saturated heterocycles. The van der Waals surface area contributed by atoms with E-state index in [1.165, 1.54) is 0 Å². The molecule has 2 N–H and O–H groups in total. The summed E-state index contributed by atoms with van der Waals surface area (Å²) in [5.41, 5.74) is 0. The van der Waals surface area contributed by atoms with Gasteiger partial charge in [0.05, 0.1) is 5.92 Å². The number of aromatic nitrogens is 2. The molecule has 2 rings (SSSR count). The zero-order chi connectivity index (χ0) is 14.5. The number of nitrogens with one attached hydrogen (secondary N) is 1. The molecule has 1 aliphatic rings. The molecule has 0 spiro atoms. The molecule has 8 nitrogen and oxygen atoms in total. The van der Waals surface area contributed by atoms with E-state index in [1.54, 1.807) is 6.92 Å². The van der Waals surface area contributed by atoms with Gasteiger partial charge in [0.1, 0.15) is 13.2 Å². The second kappa shape index (κ2) is 6.47. The van der Waals surface area contributed by atoms with Gasteiger partial charge in [0.15, 0.2) is 5.82 Å². The van der Waals surface area contributed by atoms with Crippen LogP contribution in [-0.4, -0.2) is 39.8 Å². The number of hydrogen-bond acceptors (Lipinski definition) is 6. The number of hydrogen-bond donors (Lipinski definition) is 2. The van der Waals surface area contributed by atoms with Gasteiger partial charge >= 0.3 is 5.97 Å². The first-order chi connectivity index (χ1) is 9.54. The maximum Gasteiger partial charge on any atom is 0.306 e. The number of carboxylic acids is 1. The second-order valence-corrected chi connectivity index (χ2v) is 4.84. The second-order valence-electron chi connectivity index (χ2n) is 4.84. The number of rotatable bonds is 6. The van der Waals surface area contributed by atoms with Gasteiger partial charge in [-0.15, -0.1) is 0 Å². The summed E-state index contributed by atoms with van der Waals surface area (Å²) in [6, 6.07) is -0.0853. The predicted octanol–water partition coefficient (Wildman–Crippen LogP) is 0.264. The Labute approximate surface area is 115 Å². The highest BCUT2D eigenvalue weighted by Crippen LogP contribution is 2.25. The van der Waals surface area contributed by atoms with Crippen molar-refractivity contribution in [3.05, 3.63) is 11.7 Å². The van der Waals surface area contributed by atoms with Gasteiger partial charge in [0, 0.05) is 6.04 Å². The largest absolute Gasteiger partial charge is 0.481 e. The Morgan fingerprint density at radius 1 is 1.50 bits per heavy atom. The number of carboxylic acid groups (broad SMARTS) is 1. The Hall–Kier alpha value is -1.96. The van der Waals surface area contributed by atoms with E-state index >= 15 is 0 Å². The van der Waals surface area contributed by atoms with Crippen molar-refractivity contribution in [1.29, 1.82) is 0 Å². The summed E-state index contributed by atoms with van der Waals surface area (Å²) in [4.78, 5) is 26.4. The van der Waals surface area contributed by atoms with E-state index in [-0.39, 0.29) is 31.1 Å². The summed E-state index contributed by atoms with van der Waals surface area (Å²) < 4.78 is 9.99. The fourth-order valence-electron chi connectivity index (χ4n) is 2.24. The minimum absolute atomic E-state index is 0.0800. The summed E-state index contributed by atoms with van der Waals surface area (Å²) in [5.74, 6) is -0.592. The smallest absolute Gasteiger partial charge is 0.306 e. The number of aryl methyl sites for hydroxylation is 1. The predicted molar refractivity (Wildman–Crippen MR) is 65.6 cm³/mol. The number of carbonyl (C=O) groups is 2. The summed E-state index contributed by atoms with van der Waals surface area (Å²) in [7, 11) is 0. The normalized spacial score (nSPS) is 21.9. The molecule has 1 aliphatic carbocycles. The highest BCUT2D eigenvalue weighted by atomic mass is 16.5. The van der Waals surface area contributed by atoms with Crippen LogP contribution in [0.5, 0.6) is 0 Å². The summed E-state index contributed by atoms with van der Waals surface area (Å²) in [6.45, 7) is 1.66. The number of carbonyl (C=O) groups excluding carboxylic acids is 1. The van der Waals surface area contributed by atoms with Crippen LogP contribution in [-0.2, 0) is 20.9 Å². The van der Waals surface area contributed by atoms with Crippen molar-refractivity contribution >= 4 is 11.9 Å². The number of aliphatic carboxylic acids is 1. The number of ether oxygens (including phenoxy) is 1. The first kappa shape index (κ1) is 14.4. The lowest BCUT2D eigenvalue weighted by Gasteiger charge is -2.12. The summed E-state index contributed by atoms with van der Waals surface area (Å²) in [5, 5.41) is 15.2. The number of nitrogens with zero attached hydrogens (tertiary/aromatic N) is 2. The molecule has 0 bridgehead atoms. The SMILES string of the molecule is Cc1noc(COCC(=O)N[C@@H]2CC[C@H](C(=O)O)C2)n1. The van der Waals surface area contributed by atoms with Crippen molar-refractivity contribution in [2.24, 2.45) is 5.92 Å². The minimum Gasteiger partial charge on any atom is -0.481 e. The fraction of sp³-hybridized carbons (Fsp3) is 0.667. The lowest BCUT2D eigenvalue weighted by atomic mass is 10.1. The number of amides is 1. The highest BCUT2D eigenvalue weighted by molar-refractivity contribution is 5.78. The van der Waals surface area contributed by atoms with Gasteiger partial charge in [-0.05, 0) is 26.2 Å². The van der Waals surface area contributed by atoms with Gasteiger partial charge in [-0.2, -0.15) is 4.98 Å². The van der Waals surface area contributed by atoms with Crippen molar-refractivity contribution in [3.63, 3.8) is 0 Å². The standard InChI is InChI=1S/C12H17N3O5/c1-7-13-11(20-15-7)6-19-5-10(16)14-9-3-2-8(4-9)12(17)18/h8-9H,2-6H2,1H3,(H,14,16)(H,17,18)/t8-,9+/m0/s1. The lowest BCUT2D eigenvalue weighted by molar-refractivity contribution is -0.141. The van der Waals surface area contributed by atoms with Crippen molar-refractivity contribution in [2.45, 2.75) is 38.8 Å². The minimum atomic E-state index is -0.801. The average Bonchev–Trinajstić information content (AvgIpc) is 2.99. The van der Waals surface area contributed by atoms with E-state index in [2.05, 4.69) is 15.5 Å². The Bertz CT molecular complexity index is 487. The first-order valence-corrected chi connectivity index (χ1v) is 6.43. The molecule has 0 unspecified atom stereocenters. The monoisotopic (exact) mass is 283 g/mol. The molecule has 110 valence electrons. The molecule has 0 aliphatic heterocycles. The van der Waals surface area contributed by atoms with E-state index < -0.39 is 5.97 Å². The van der Waals surface area contributed by atoms with Gasteiger partial charge in [-0.1, -0.05) is 5.16 Å². The van der Waals surface area contributed by atoms with E-state index in [4.69, 9.17) is 14.4 Å². The molecule has 0 radical (unpaired) electrons. The average molecular weight is 283 g/mol. The third kappa shape index (κ3) is 4.02. The van der Waals surface area contributed by atoms with Gasteiger partial charge in [-0.25, -0.2) is 0 Å². The zero-order valence-corrected chi connectivity index (χ0v) is 11.2. The topological polar surface area (TPSA) is 115 Å². The molecular weight excluding hydrogens is 266 g/mol. The third-order valence-corrected chi connectivity index (χ3v) is 3.18. The Balaban J connectivity index is 1.65. The molecule has 1 amide bonds. The Morgan fingerprint density at radius 3 is 2.90 bits per heavy atom. The van der Waals surface area contributed by atoms with Crippen molar-refractivity contribution in [3.8, 4) is 0 Å². The highest BCUT2D eigenvalue weighted by Gasteiger charge is 2.30. The lowest BCUT2D eigenvalue weighted by Crippen LogP contribution is -2.35. The van der Waals surface area contributed by atoms with E-state index in [0.29, 0.717) is 31.0 Å². The zero-order valence-electron chi connectivity index (χ0n) is 11.2. The first-order valence-electron chi connectivity index (χ1n) is 6.43. The summed E-state index contributed by atoms with van der Waals surface area (Å²) in [6.07, 6.45) is 1.76. The van der Waals surface area contributed by atoms with E-state index in [0.717, 1.165) is 0 Å². The molecular formula is C12H17N3O5. The Morgan fingerprint density at radius 2 is 2.30 bits per heavy atom. The molecule has 20 heavy (non-hydrogen) atoms. The molecule has 1 heterocycles. The molecule has 1 saturated carbocycles. The van der Waals surface area contributed by atoms with Gasteiger partial charge < -0.3 is 19.7 Å². The maximum absolute atomic E-state index is 11.6. The van der Waals surface area contributed by atoms with Crippen LogP contribution in [0, 0.1) is 12.8 Å². The van der Waals surface area contributed by atoms with E-state index in [1.807, 2.05) is 0 Å². The van der Waals surface area contributed by atoms with Gasteiger partial charge in [0.2, 0.25) is 5.91 Å². The third-order valence-electron chi connectivity index (χ3n) is 3.18. The van der Waals surface area contributed by atoms with Gasteiger partial charge in [-0.3, -0.25) is 9.59 Å². The van der Waals surface area contributed by atoms with Crippen LogP contribution in [0.15, 0.2) is 4.52 Å². The molecule has 8 heteroatoms. The molecule has 1 aromatic rings. The quantitative estimate of drug-likeness (QED) is 0.769.